The molecule has 0 aliphatic rings. The Labute approximate surface area is 139 Å². The van der Waals surface area contributed by atoms with Gasteiger partial charge in [-0.3, -0.25) is 0 Å². The van der Waals surface area contributed by atoms with E-state index in [1.807, 2.05) is 44.2 Å². The van der Waals surface area contributed by atoms with E-state index in [2.05, 4.69) is 15.4 Å². The van der Waals surface area contributed by atoms with Crippen molar-refractivity contribution in [3.8, 4) is 5.75 Å². The summed E-state index contributed by atoms with van der Waals surface area (Å²) < 4.78 is 32.0. The van der Waals surface area contributed by atoms with Gasteiger partial charge in [0.25, 0.3) is 0 Å². The van der Waals surface area contributed by atoms with Gasteiger partial charge >= 0.3 is 6.03 Å². The Morgan fingerprint density at radius 3 is 2.17 bits per heavy atom. The standard InChI is InChI=1S/C18H20F2N2O2/c1-11(2)16(12-7-5-4-6-8-12)22-18(23)21-13-9-14(19)17(24-3)15(20)10-13/h4-11,16H,1-3H3,(H2,21,22,23). The molecular formula is C18H20F2N2O2. The number of benzene rings is 2. The van der Waals surface area contributed by atoms with Crippen LogP contribution >= 0.6 is 0 Å². The van der Waals surface area contributed by atoms with Gasteiger partial charge in [-0.15, -0.1) is 0 Å². The molecule has 2 rings (SSSR count). The van der Waals surface area contributed by atoms with Crippen molar-refractivity contribution in [2.24, 2.45) is 5.92 Å². The van der Waals surface area contributed by atoms with Crippen molar-refractivity contribution >= 4 is 11.7 Å². The molecule has 6 heteroatoms. The summed E-state index contributed by atoms with van der Waals surface area (Å²) >= 11 is 0. The lowest BCUT2D eigenvalue weighted by molar-refractivity contribution is 0.244. The molecule has 0 aliphatic carbocycles. The molecule has 2 aromatic carbocycles. The van der Waals surface area contributed by atoms with E-state index in [1.54, 1.807) is 0 Å². The van der Waals surface area contributed by atoms with Crippen LogP contribution in [-0.4, -0.2) is 13.1 Å². The fraction of sp³-hybridized carbons (Fsp3) is 0.278. The second-order valence-corrected chi connectivity index (χ2v) is 5.70. The number of carbonyl (C=O) groups excluding carboxylic acids is 1. The third-order valence-corrected chi connectivity index (χ3v) is 3.57. The van der Waals surface area contributed by atoms with Gasteiger partial charge in [0, 0.05) is 17.8 Å². The fourth-order valence-corrected chi connectivity index (χ4v) is 2.43. The second-order valence-electron chi connectivity index (χ2n) is 5.70. The van der Waals surface area contributed by atoms with Crippen LogP contribution in [0.5, 0.6) is 5.75 Å². The van der Waals surface area contributed by atoms with E-state index in [9.17, 15) is 13.6 Å². The number of hydrogen-bond donors (Lipinski definition) is 2. The highest BCUT2D eigenvalue weighted by molar-refractivity contribution is 5.89. The number of rotatable bonds is 5. The zero-order valence-corrected chi connectivity index (χ0v) is 13.8. The van der Waals surface area contributed by atoms with Gasteiger partial charge in [0.2, 0.25) is 0 Å². The zero-order valence-electron chi connectivity index (χ0n) is 13.8. The summed E-state index contributed by atoms with van der Waals surface area (Å²) in [7, 11) is 1.17. The minimum absolute atomic E-state index is 0.0128. The van der Waals surface area contributed by atoms with Crippen molar-refractivity contribution < 1.29 is 18.3 Å². The molecule has 2 amide bonds. The first-order chi connectivity index (χ1) is 11.4. The van der Waals surface area contributed by atoms with Crippen LogP contribution in [0.2, 0.25) is 0 Å². The van der Waals surface area contributed by atoms with Crippen LogP contribution in [0.3, 0.4) is 0 Å². The highest BCUT2D eigenvalue weighted by atomic mass is 19.1. The summed E-state index contributed by atoms with van der Waals surface area (Å²) in [5.74, 6) is -2.10. The Hall–Kier alpha value is -2.63. The molecule has 0 radical (unpaired) electrons. The largest absolute Gasteiger partial charge is 0.491 e. The molecule has 0 saturated heterocycles. The summed E-state index contributed by atoms with van der Waals surface area (Å²) in [5, 5.41) is 5.27. The van der Waals surface area contributed by atoms with Gasteiger partial charge in [0.1, 0.15) is 0 Å². The molecule has 0 saturated carbocycles. The van der Waals surface area contributed by atoms with Gasteiger partial charge in [0.15, 0.2) is 17.4 Å². The normalized spacial score (nSPS) is 11.9. The highest BCUT2D eigenvalue weighted by Crippen LogP contribution is 2.26. The molecule has 0 bridgehead atoms. The van der Waals surface area contributed by atoms with Crippen LogP contribution in [0.4, 0.5) is 19.3 Å². The lowest BCUT2D eigenvalue weighted by Gasteiger charge is -2.23. The Bertz CT molecular complexity index is 682. The number of amides is 2. The summed E-state index contributed by atoms with van der Waals surface area (Å²) in [6.45, 7) is 3.95. The molecular weight excluding hydrogens is 314 g/mol. The summed E-state index contributed by atoms with van der Waals surface area (Å²) in [4.78, 5) is 12.2. The minimum Gasteiger partial charge on any atom is -0.491 e. The molecule has 4 nitrogen and oxygen atoms in total. The van der Waals surface area contributed by atoms with Crippen LogP contribution in [0, 0.1) is 17.6 Å². The number of ether oxygens (including phenoxy) is 1. The Balaban J connectivity index is 2.12. The molecule has 0 spiro atoms. The molecule has 2 N–H and O–H groups in total. The molecule has 0 aromatic heterocycles. The predicted octanol–water partition coefficient (Wildman–Crippen LogP) is 4.49. The maximum atomic E-state index is 13.7. The molecule has 0 heterocycles. The second kappa shape index (κ2) is 7.77. The van der Waals surface area contributed by atoms with Crippen molar-refractivity contribution in [3.63, 3.8) is 0 Å². The number of anilines is 1. The van der Waals surface area contributed by atoms with E-state index in [-0.39, 0.29) is 17.6 Å². The predicted molar refractivity (Wildman–Crippen MR) is 89.1 cm³/mol. The first-order valence-electron chi connectivity index (χ1n) is 7.58. The topological polar surface area (TPSA) is 50.4 Å². The first-order valence-corrected chi connectivity index (χ1v) is 7.58. The smallest absolute Gasteiger partial charge is 0.319 e. The maximum absolute atomic E-state index is 13.7. The highest BCUT2D eigenvalue weighted by Gasteiger charge is 2.19. The van der Waals surface area contributed by atoms with Gasteiger partial charge in [-0.25, -0.2) is 13.6 Å². The van der Waals surface area contributed by atoms with E-state index in [4.69, 9.17) is 0 Å². The van der Waals surface area contributed by atoms with Crippen molar-refractivity contribution in [3.05, 3.63) is 59.7 Å². The van der Waals surface area contributed by atoms with Gasteiger partial charge in [-0.1, -0.05) is 44.2 Å². The van der Waals surface area contributed by atoms with Crippen molar-refractivity contribution in [2.45, 2.75) is 19.9 Å². The number of nitrogens with one attached hydrogen (secondary N) is 2. The monoisotopic (exact) mass is 334 g/mol. The zero-order chi connectivity index (χ0) is 17.7. The fourth-order valence-electron chi connectivity index (χ4n) is 2.43. The average Bonchev–Trinajstić information content (AvgIpc) is 2.53. The van der Waals surface area contributed by atoms with Crippen LogP contribution in [-0.2, 0) is 0 Å². The number of methoxy groups -OCH3 is 1. The van der Waals surface area contributed by atoms with Crippen LogP contribution in [0.1, 0.15) is 25.5 Å². The van der Waals surface area contributed by atoms with E-state index >= 15 is 0 Å². The minimum atomic E-state index is -0.878. The van der Waals surface area contributed by atoms with Crippen molar-refractivity contribution in [2.75, 3.05) is 12.4 Å². The van der Waals surface area contributed by atoms with Gasteiger partial charge in [-0.2, -0.15) is 0 Å². The molecule has 0 fully saturated rings. The Morgan fingerprint density at radius 2 is 1.67 bits per heavy atom. The number of carbonyl (C=O) groups is 1. The van der Waals surface area contributed by atoms with Crippen LogP contribution in [0.25, 0.3) is 0 Å². The molecule has 1 unspecified atom stereocenters. The quantitative estimate of drug-likeness (QED) is 0.846. The number of urea groups is 1. The van der Waals surface area contributed by atoms with E-state index < -0.39 is 23.4 Å². The number of hydrogen-bond acceptors (Lipinski definition) is 2. The van der Waals surface area contributed by atoms with Crippen LogP contribution in [0.15, 0.2) is 42.5 Å². The van der Waals surface area contributed by atoms with Gasteiger partial charge in [0.05, 0.1) is 13.2 Å². The summed E-state index contributed by atoms with van der Waals surface area (Å²) in [5.41, 5.74) is 0.966. The molecule has 2 aromatic rings. The van der Waals surface area contributed by atoms with E-state index in [0.717, 1.165) is 17.7 Å². The molecule has 128 valence electrons. The van der Waals surface area contributed by atoms with Gasteiger partial charge < -0.3 is 15.4 Å². The van der Waals surface area contributed by atoms with Gasteiger partial charge in [-0.05, 0) is 11.5 Å². The third kappa shape index (κ3) is 4.22. The van der Waals surface area contributed by atoms with Crippen molar-refractivity contribution in [1.82, 2.24) is 5.32 Å². The lowest BCUT2D eigenvalue weighted by atomic mass is 9.96. The summed E-state index contributed by atoms with van der Waals surface area (Å²) in [6, 6.07) is 10.7. The van der Waals surface area contributed by atoms with Crippen molar-refractivity contribution in [1.29, 1.82) is 0 Å². The van der Waals surface area contributed by atoms with Crippen LogP contribution < -0.4 is 15.4 Å². The molecule has 0 aliphatic heterocycles. The van der Waals surface area contributed by atoms with E-state index in [0.29, 0.717) is 0 Å². The first kappa shape index (κ1) is 17.7. The SMILES string of the molecule is COc1c(F)cc(NC(=O)NC(c2ccccc2)C(C)C)cc1F. The Kier molecular flexibility index (Phi) is 5.73. The Morgan fingerprint density at radius 1 is 1.08 bits per heavy atom. The van der Waals surface area contributed by atoms with E-state index in [1.165, 1.54) is 7.11 Å². The lowest BCUT2D eigenvalue weighted by Crippen LogP contribution is -2.35. The maximum Gasteiger partial charge on any atom is 0.319 e. The molecule has 24 heavy (non-hydrogen) atoms. The third-order valence-electron chi connectivity index (χ3n) is 3.57. The summed E-state index contributed by atoms with van der Waals surface area (Å²) in [6.07, 6.45) is 0. The average molecular weight is 334 g/mol. The number of halogens is 2. The molecule has 1 atom stereocenters.